The minimum absolute atomic E-state index is 0.193. The van der Waals surface area contributed by atoms with Crippen molar-refractivity contribution in [2.24, 2.45) is 5.92 Å². The normalized spacial score (nSPS) is 15.6. The molecule has 1 aliphatic heterocycles. The third-order valence-electron chi connectivity index (χ3n) is 7.90. The van der Waals surface area contributed by atoms with Gasteiger partial charge in [0.25, 0.3) is 0 Å². The number of carbonyl (C=O) groups is 1. The monoisotopic (exact) mass is 533 g/mol. The Labute approximate surface area is 232 Å². The smallest absolute Gasteiger partial charge is 0.306 e. The zero-order chi connectivity index (χ0) is 27.1. The lowest BCUT2D eigenvalue weighted by Gasteiger charge is -2.30. The van der Waals surface area contributed by atoms with Gasteiger partial charge in [0, 0.05) is 29.2 Å². The largest absolute Gasteiger partial charge is 0.481 e. The summed E-state index contributed by atoms with van der Waals surface area (Å²) in [5.74, 6) is -0.196. The Kier molecular flexibility index (Phi) is 9.97. The van der Waals surface area contributed by atoms with Gasteiger partial charge < -0.3 is 10.0 Å². The van der Waals surface area contributed by atoms with E-state index in [1.165, 1.54) is 36.1 Å². The Hall–Kier alpha value is -2.70. The first-order valence-electron chi connectivity index (χ1n) is 14.2. The van der Waals surface area contributed by atoms with Gasteiger partial charge in [-0.15, -0.1) is 11.3 Å². The van der Waals surface area contributed by atoms with Crippen LogP contribution in [0.1, 0.15) is 81.9 Å². The Morgan fingerprint density at radius 3 is 2.34 bits per heavy atom. The summed E-state index contributed by atoms with van der Waals surface area (Å²) in [7, 11) is 0. The number of thiazole rings is 1. The lowest BCUT2D eigenvalue weighted by atomic mass is 9.92. The first-order chi connectivity index (χ1) is 18.4. The Balaban J connectivity index is 1.37. The Morgan fingerprint density at radius 2 is 1.76 bits per heavy atom. The number of rotatable bonds is 12. The SMILES string of the molecule is CCCC(CC)c1ccc(N(Cc2ccc(-c3csc(CN4CCC(C(=O)O)CC4)n3)cc2)C(C)C)cc1. The molecule has 1 unspecified atom stereocenters. The van der Waals surface area contributed by atoms with Crippen molar-refractivity contribution in [2.75, 3.05) is 18.0 Å². The number of carboxylic acids is 1. The summed E-state index contributed by atoms with van der Waals surface area (Å²) >= 11 is 1.69. The van der Waals surface area contributed by atoms with Gasteiger partial charge in [-0.25, -0.2) is 4.98 Å². The van der Waals surface area contributed by atoms with E-state index in [0.29, 0.717) is 12.0 Å². The van der Waals surface area contributed by atoms with Crippen LogP contribution < -0.4 is 4.90 Å². The molecule has 1 atom stereocenters. The van der Waals surface area contributed by atoms with Crippen LogP contribution in [0.5, 0.6) is 0 Å². The van der Waals surface area contributed by atoms with Crippen molar-refractivity contribution >= 4 is 23.0 Å². The molecule has 5 nitrogen and oxygen atoms in total. The van der Waals surface area contributed by atoms with Crippen molar-refractivity contribution in [1.29, 1.82) is 0 Å². The molecule has 0 saturated carbocycles. The molecule has 0 aliphatic carbocycles. The molecule has 3 aromatic rings. The van der Waals surface area contributed by atoms with Crippen LogP contribution in [-0.2, 0) is 17.9 Å². The second-order valence-corrected chi connectivity index (χ2v) is 11.9. The molecule has 1 saturated heterocycles. The molecule has 1 aliphatic rings. The molecule has 1 fully saturated rings. The molecule has 204 valence electrons. The predicted octanol–water partition coefficient (Wildman–Crippen LogP) is 7.82. The van der Waals surface area contributed by atoms with Crippen LogP contribution >= 0.6 is 11.3 Å². The highest BCUT2D eigenvalue weighted by Gasteiger charge is 2.25. The molecule has 1 N–H and O–H groups in total. The molecule has 2 heterocycles. The van der Waals surface area contributed by atoms with Gasteiger partial charge in [-0.1, -0.05) is 56.7 Å². The number of aromatic nitrogens is 1. The number of nitrogens with zero attached hydrogens (tertiary/aromatic N) is 3. The number of aliphatic carboxylic acids is 1. The molecule has 1 aromatic heterocycles. The van der Waals surface area contributed by atoms with Crippen molar-refractivity contribution in [1.82, 2.24) is 9.88 Å². The van der Waals surface area contributed by atoms with Crippen molar-refractivity contribution in [3.05, 3.63) is 70.0 Å². The second-order valence-electron chi connectivity index (χ2n) is 10.9. The molecule has 4 rings (SSSR count). The summed E-state index contributed by atoms with van der Waals surface area (Å²) in [6, 6.07) is 18.5. The van der Waals surface area contributed by atoms with Crippen LogP contribution in [-0.4, -0.2) is 40.1 Å². The summed E-state index contributed by atoms with van der Waals surface area (Å²) in [6.45, 7) is 12.4. The van der Waals surface area contributed by atoms with E-state index in [9.17, 15) is 9.90 Å². The van der Waals surface area contributed by atoms with Gasteiger partial charge in [0.1, 0.15) is 5.01 Å². The van der Waals surface area contributed by atoms with E-state index in [2.05, 4.69) is 91.4 Å². The highest BCUT2D eigenvalue weighted by atomic mass is 32.1. The number of hydrogen-bond acceptors (Lipinski definition) is 5. The van der Waals surface area contributed by atoms with Crippen molar-refractivity contribution in [2.45, 2.75) is 84.8 Å². The van der Waals surface area contributed by atoms with Gasteiger partial charge in [-0.2, -0.15) is 0 Å². The quantitative estimate of drug-likeness (QED) is 0.257. The summed E-state index contributed by atoms with van der Waals surface area (Å²) in [6.07, 6.45) is 5.13. The Bertz CT molecular complexity index is 1150. The van der Waals surface area contributed by atoms with E-state index in [0.717, 1.165) is 55.3 Å². The number of benzene rings is 2. The van der Waals surface area contributed by atoms with Gasteiger partial charge in [0.2, 0.25) is 0 Å². The van der Waals surface area contributed by atoms with Crippen LogP contribution in [0.15, 0.2) is 53.9 Å². The maximum atomic E-state index is 11.2. The fourth-order valence-electron chi connectivity index (χ4n) is 5.49. The van der Waals surface area contributed by atoms with Crippen LogP contribution in [0.25, 0.3) is 11.3 Å². The first kappa shape index (κ1) is 28.3. The molecule has 0 spiro atoms. The maximum absolute atomic E-state index is 11.2. The summed E-state index contributed by atoms with van der Waals surface area (Å²) < 4.78 is 0. The summed E-state index contributed by atoms with van der Waals surface area (Å²) in [4.78, 5) is 20.9. The minimum atomic E-state index is -0.661. The minimum Gasteiger partial charge on any atom is -0.481 e. The van der Waals surface area contributed by atoms with E-state index in [1.807, 2.05) is 0 Å². The highest BCUT2D eigenvalue weighted by molar-refractivity contribution is 7.09. The van der Waals surface area contributed by atoms with E-state index in [1.54, 1.807) is 11.3 Å². The molecule has 38 heavy (non-hydrogen) atoms. The number of hydrogen-bond donors (Lipinski definition) is 1. The van der Waals surface area contributed by atoms with Gasteiger partial charge in [0.05, 0.1) is 18.2 Å². The maximum Gasteiger partial charge on any atom is 0.306 e. The summed E-state index contributed by atoms with van der Waals surface area (Å²) in [5, 5.41) is 12.4. The lowest BCUT2D eigenvalue weighted by molar-refractivity contribution is -0.143. The van der Waals surface area contributed by atoms with E-state index in [-0.39, 0.29) is 5.92 Å². The van der Waals surface area contributed by atoms with Crippen LogP contribution in [0.2, 0.25) is 0 Å². The van der Waals surface area contributed by atoms with E-state index >= 15 is 0 Å². The molecular formula is C32H43N3O2S. The van der Waals surface area contributed by atoms with Crippen molar-refractivity contribution < 1.29 is 9.90 Å². The van der Waals surface area contributed by atoms with Crippen molar-refractivity contribution in [3.63, 3.8) is 0 Å². The highest BCUT2D eigenvalue weighted by Crippen LogP contribution is 2.29. The average molecular weight is 534 g/mol. The number of carboxylic acid groups (broad SMARTS) is 1. The van der Waals surface area contributed by atoms with Gasteiger partial charge in [-0.3, -0.25) is 9.69 Å². The fourth-order valence-corrected chi connectivity index (χ4v) is 6.33. The zero-order valence-electron chi connectivity index (χ0n) is 23.4. The molecular weight excluding hydrogens is 490 g/mol. The topological polar surface area (TPSA) is 56.7 Å². The second kappa shape index (κ2) is 13.4. The molecule has 6 heteroatoms. The Morgan fingerprint density at radius 1 is 1.08 bits per heavy atom. The average Bonchev–Trinajstić information content (AvgIpc) is 3.39. The molecule has 0 bridgehead atoms. The number of anilines is 1. The first-order valence-corrected chi connectivity index (χ1v) is 15.1. The fraction of sp³-hybridized carbons (Fsp3) is 0.500. The molecule has 0 amide bonds. The predicted molar refractivity (Wildman–Crippen MR) is 159 cm³/mol. The van der Waals surface area contributed by atoms with E-state index < -0.39 is 5.97 Å². The van der Waals surface area contributed by atoms with Crippen molar-refractivity contribution in [3.8, 4) is 11.3 Å². The van der Waals surface area contributed by atoms with Crippen LogP contribution in [0, 0.1) is 5.92 Å². The molecule has 0 radical (unpaired) electrons. The van der Waals surface area contributed by atoms with Crippen LogP contribution in [0.4, 0.5) is 5.69 Å². The standard InChI is InChI=1S/C32H43N3O2S/c1-5-7-25(6-2)26-12-14-29(15-13-26)35(23(3)4)20-24-8-10-27(11-9-24)30-22-38-31(33-30)21-34-18-16-28(17-19-34)32(36)37/h8-15,22-23,25,28H,5-7,16-21H2,1-4H3,(H,36,37). The number of piperidine rings is 1. The third kappa shape index (κ3) is 7.23. The van der Waals surface area contributed by atoms with Crippen LogP contribution in [0.3, 0.4) is 0 Å². The number of likely N-dealkylation sites (tertiary alicyclic amines) is 1. The summed E-state index contributed by atoms with van der Waals surface area (Å²) in [5.41, 5.74) is 6.18. The van der Waals surface area contributed by atoms with Gasteiger partial charge >= 0.3 is 5.97 Å². The lowest BCUT2D eigenvalue weighted by Crippen LogP contribution is -2.35. The third-order valence-corrected chi connectivity index (χ3v) is 8.73. The molecule has 2 aromatic carbocycles. The van der Waals surface area contributed by atoms with Gasteiger partial charge in [0.15, 0.2) is 0 Å². The van der Waals surface area contributed by atoms with Gasteiger partial charge in [-0.05, 0) is 81.8 Å². The van der Waals surface area contributed by atoms with E-state index in [4.69, 9.17) is 4.98 Å². The zero-order valence-corrected chi connectivity index (χ0v) is 24.2.